The molecule has 1 aromatic carbocycles. The molecule has 0 aliphatic heterocycles. The Bertz CT molecular complexity index is 546. The van der Waals surface area contributed by atoms with Crippen LogP contribution in [0, 0.1) is 6.92 Å². The van der Waals surface area contributed by atoms with Crippen LogP contribution in [-0.2, 0) is 0 Å². The number of rotatable bonds is 4. The van der Waals surface area contributed by atoms with Crippen molar-refractivity contribution in [1.29, 1.82) is 0 Å². The van der Waals surface area contributed by atoms with Crippen molar-refractivity contribution in [1.82, 2.24) is 4.98 Å². The molecule has 0 N–H and O–H groups in total. The predicted octanol–water partition coefficient (Wildman–Crippen LogP) is 2.91. The summed E-state index contributed by atoms with van der Waals surface area (Å²) in [4.78, 5) is 27.6. The van der Waals surface area contributed by atoms with Crippen molar-refractivity contribution in [2.75, 3.05) is 0 Å². The normalized spacial score (nSPS) is 10.2. The molecule has 0 aliphatic rings. The number of carbonyl (C=O) groups excluding carboxylic acids is 2. The zero-order valence-corrected chi connectivity index (χ0v) is 10.2. The molecule has 0 amide bonds. The van der Waals surface area contributed by atoms with Crippen LogP contribution in [0.2, 0.25) is 0 Å². The molecule has 0 aliphatic carbocycles. The lowest BCUT2D eigenvalue weighted by atomic mass is 10.1. The SMILES string of the molecule is Cc1nc(C(=O)CC(=O)c2ccccc2)cs1. The van der Waals surface area contributed by atoms with Crippen LogP contribution < -0.4 is 0 Å². The highest BCUT2D eigenvalue weighted by molar-refractivity contribution is 7.09. The zero-order valence-electron chi connectivity index (χ0n) is 9.34. The molecule has 0 atom stereocenters. The van der Waals surface area contributed by atoms with E-state index in [4.69, 9.17) is 0 Å². The summed E-state index contributed by atoms with van der Waals surface area (Å²) in [5.74, 6) is -0.385. The summed E-state index contributed by atoms with van der Waals surface area (Å²) in [6.07, 6.45) is -0.118. The van der Waals surface area contributed by atoms with E-state index < -0.39 is 0 Å². The van der Waals surface area contributed by atoms with Crippen LogP contribution in [-0.4, -0.2) is 16.6 Å². The van der Waals surface area contributed by atoms with Gasteiger partial charge in [0.2, 0.25) is 0 Å². The van der Waals surface area contributed by atoms with Crippen molar-refractivity contribution in [3.63, 3.8) is 0 Å². The van der Waals surface area contributed by atoms with Gasteiger partial charge in [-0.25, -0.2) is 4.98 Å². The number of nitrogens with zero attached hydrogens (tertiary/aromatic N) is 1. The van der Waals surface area contributed by atoms with E-state index in [9.17, 15) is 9.59 Å². The fourth-order valence-electron chi connectivity index (χ4n) is 1.45. The van der Waals surface area contributed by atoms with Crippen molar-refractivity contribution in [3.05, 3.63) is 52.0 Å². The molecule has 0 spiro atoms. The van der Waals surface area contributed by atoms with E-state index in [1.54, 1.807) is 29.6 Å². The van der Waals surface area contributed by atoms with E-state index >= 15 is 0 Å². The molecule has 17 heavy (non-hydrogen) atoms. The number of aryl methyl sites for hydroxylation is 1. The Morgan fingerprint density at radius 2 is 1.88 bits per heavy atom. The van der Waals surface area contributed by atoms with E-state index in [2.05, 4.69) is 4.98 Å². The molecule has 1 heterocycles. The molecule has 3 nitrogen and oxygen atoms in total. The monoisotopic (exact) mass is 245 g/mol. The van der Waals surface area contributed by atoms with Crippen LogP contribution in [0.5, 0.6) is 0 Å². The van der Waals surface area contributed by atoms with E-state index in [1.165, 1.54) is 11.3 Å². The number of ketones is 2. The maximum atomic E-state index is 11.8. The molecule has 0 saturated carbocycles. The van der Waals surface area contributed by atoms with Crippen LogP contribution >= 0.6 is 11.3 Å². The van der Waals surface area contributed by atoms with Crippen molar-refractivity contribution < 1.29 is 9.59 Å². The molecular weight excluding hydrogens is 234 g/mol. The minimum absolute atomic E-state index is 0.118. The first-order valence-corrected chi connectivity index (χ1v) is 6.08. The van der Waals surface area contributed by atoms with Gasteiger partial charge in [0, 0.05) is 10.9 Å². The first-order valence-electron chi connectivity index (χ1n) is 5.20. The van der Waals surface area contributed by atoms with Gasteiger partial charge in [-0.1, -0.05) is 30.3 Å². The second-order valence-electron chi connectivity index (χ2n) is 3.64. The summed E-state index contributed by atoms with van der Waals surface area (Å²) in [6, 6.07) is 8.82. The Morgan fingerprint density at radius 1 is 1.18 bits per heavy atom. The summed E-state index contributed by atoms with van der Waals surface area (Å²) >= 11 is 1.41. The lowest BCUT2D eigenvalue weighted by Crippen LogP contribution is -2.08. The largest absolute Gasteiger partial charge is 0.294 e. The first-order chi connectivity index (χ1) is 8.16. The van der Waals surface area contributed by atoms with E-state index in [-0.39, 0.29) is 18.0 Å². The van der Waals surface area contributed by atoms with Crippen molar-refractivity contribution in [2.24, 2.45) is 0 Å². The average Bonchev–Trinajstić information content (AvgIpc) is 2.77. The molecule has 2 rings (SSSR count). The summed E-state index contributed by atoms with van der Waals surface area (Å²) < 4.78 is 0. The highest BCUT2D eigenvalue weighted by Crippen LogP contribution is 2.12. The number of hydrogen-bond donors (Lipinski definition) is 0. The molecule has 0 bridgehead atoms. The van der Waals surface area contributed by atoms with Crippen molar-refractivity contribution >= 4 is 22.9 Å². The molecule has 2 aromatic rings. The Labute approximate surface area is 103 Å². The number of benzene rings is 1. The third kappa shape index (κ3) is 2.85. The molecule has 86 valence electrons. The standard InChI is InChI=1S/C13H11NO2S/c1-9-14-11(8-17-9)13(16)7-12(15)10-5-3-2-4-6-10/h2-6,8H,7H2,1H3. The Morgan fingerprint density at radius 3 is 2.47 bits per heavy atom. The molecule has 1 aromatic heterocycles. The molecule has 0 fully saturated rings. The first kappa shape index (κ1) is 11.7. The molecule has 0 unspecified atom stereocenters. The van der Waals surface area contributed by atoms with Gasteiger partial charge in [-0.3, -0.25) is 9.59 Å². The van der Waals surface area contributed by atoms with Crippen LogP contribution in [0.4, 0.5) is 0 Å². The molecular formula is C13H11NO2S. The Hall–Kier alpha value is -1.81. The van der Waals surface area contributed by atoms with Crippen LogP contribution in [0.1, 0.15) is 32.3 Å². The molecule has 0 saturated heterocycles. The van der Waals surface area contributed by atoms with Gasteiger partial charge in [0.05, 0.1) is 11.4 Å². The minimum Gasteiger partial charge on any atom is -0.294 e. The van der Waals surface area contributed by atoms with Crippen LogP contribution in [0.3, 0.4) is 0 Å². The summed E-state index contributed by atoms with van der Waals surface area (Å²) in [6.45, 7) is 1.83. The second-order valence-corrected chi connectivity index (χ2v) is 4.70. The van der Waals surface area contributed by atoms with Crippen molar-refractivity contribution in [3.8, 4) is 0 Å². The van der Waals surface area contributed by atoms with E-state index in [0.29, 0.717) is 11.3 Å². The maximum Gasteiger partial charge on any atom is 0.189 e. The molecule has 4 heteroatoms. The van der Waals surface area contributed by atoms with Gasteiger partial charge >= 0.3 is 0 Å². The van der Waals surface area contributed by atoms with Gasteiger partial charge in [0.15, 0.2) is 11.6 Å². The Balaban J connectivity index is 2.07. The third-order valence-corrected chi connectivity index (χ3v) is 3.10. The smallest absolute Gasteiger partial charge is 0.189 e. The quantitative estimate of drug-likeness (QED) is 0.614. The van der Waals surface area contributed by atoms with Gasteiger partial charge in [0.25, 0.3) is 0 Å². The third-order valence-electron chi connectivity index (χ3n) is 2.32. The fourth-order valence-corrected chi connectivity index (χ4v) is 2.07. The second kappa shape index (κ2) is 5.01. The van der Waals surface area contributed by atoms with Gasteiger partial charge in [0.1, 0.15) is 5.69 Å². The predicted molar refractivity (Wildman–Crippen MR) is 66.6 cm³/mol. The van der Waals surface area contributed by atoms with Gasteiger partial charge in [-0.05, 0) is 6.92 Å². The number of carbonyl (C=O) groups is 2. The average molecular weight is 245 g/mol. The zero-order chi connectivity index (χ0) is 12.3. The lowest BCUT2D eigenvalue weighted by Gasteiger charge is -1.98. The lowest BCUT2D eigenvalue weighted by molar-refractivity contribution is 0.0892. The highest BCUT2D eigenvalue weighted by atomic mass is 32.1. The summed E-state index contributed by atoms with van der Waals surface area (Å²) in [5.41, 5.74) is 0.949. The van der Waals surface area contributed by atoms with Gasteiger partial charge in [-0.2, -0.15) is 0 Å². The van der Waals surface area contributed by atoms with Crippen LogP contribution in [0.15, 0.2) is 35.7 Å². The number of hydrogen-bond acceptors (Lipinski definition) is 4. The van der Waals surface area contributed by atoms with Crippen LogP contribution in [0.25, 0.3) is 0 Å². The van der Waals surface area contributed by atoms with E-state index in [0.717, 1.165) is 5.01 Å². The number of Topliss-reactive ketones (excluding diaryl/α,β-unsaturated/α-hetero) is 2. The van der Waals surface area contributed by atoms with E-state index in [1.807, 2.05) is 13.0 Å². The van der Waals surface area contributed by atoms with Crippen molar-refractivity contribution in [2.45, 2.75) is 13.3 Å². The summed E-state index contributed by atoms with van der Waals surface area (Å²) in [5, 5.41) is 2.52. The minimum atomic E-state index is -0.219. The molecule has 0 radical (unpaired) electrons. The van der Waals surface area contributed by atoms with Gasteiger partial charge < -0.3 is 0 Å². The number of aromatic nitrogens is 1. The number of thiazole rings is 1. The fraction of sp³-hybridized carbons (Fsp3) is 0.154. The van der Waals surface area contributed by atoms with Gasteiger partial charge in [-0.15, -0.1) is 11.3 Å². The topological polar surface area (TPSA) is 47.0 Å². The summed E-state index contributed by atoms with van der Waals surface area (Å²) in [7, 11) is 0. The maximum absolute atomic E-state index is 11.8. The Kier molecular flexibility index (Phi) is 3.44. The highest BCUT2D eigenvalue weighted by Gasteiger charge is 2.15.